The minimum Gasteiger partial charge on any atom is -0.371 e. The van der Waals surface area contributed by atoms with E-state index in [1.165, 1.54) is 24.6 Å². The number of amides is 1. The van der Waals surface area contributed by atoms with Crippen LogP contribution in [-0.4, -0.2) is 28.9 Å². The molecule has 0 spiro atoms. The molecule has 0 saturated carbocycles. The fourth-order valence-electron chi connectivity index (χ4n) is 4.13. The molecule has 1 saturated heterocycles. The van der Waals surface area contributed by atoms with Gasteiger partial charge in [0, 0.05) is 42.3 Å². The number of hydrogen-bond donors (Lipinski definition) is 2. The van der Waals surface area contributed by atoms with E-state index < -0.39 is 10.8 Å². The lowest BCUT2D eigenvalue weighted by Crippen LogP contribution is -2.19. The van der Waals surface area contributed by atoms with Crippen molar-refractivity contribution in [2.45, 2.75) is 32.7 Å². The first kappa shape index (κ1) is 22.3. The topological polar surface area (TPSA) is 100 Å². The van der Waals surface area contributed by atoms with Crippen molar-refractivity contribution in [1.82, 2.24) is 4.98 Å². The Morgan fingerprint density at radius 1 is 1.12 bits per heavy atom. The third-order valence-electron chi connectivity index (χ3n) is 5.86. The summed E-state index contributed by atoms with van der Waals surface area (Å²) in [5, 5.41) is 17.7. The Hall–Kier alpha value is -3.94. The van der Waals surface area contributed by atoms with Gasteiger partial charge in [-0.3, -0.25) is 19.9 Å². The third kappa shape index (κ3) is 5.11. The van der Waals surface area contributed by atoms with Crippen molar-refractivity contribution in [3.05, 3.63) is 87.7 Å². The normalized spacial score (nSPS) is 14.1. The molecule has 1 unspecified atom stereocenters. The second-order valence-corrected chi connectivity index (χ2v) is 8.26. The molecule has 0 radical (unpaired) electrons. The fourth-order valence-corrected chi connectivity index (χ4v) is 4.13. The maximum atomic E-state index is 12.8. The predicted molar refractivity (Wildman–Crippen MR) is 130 cm³/mol. The molecule has 170 valence electrons. The Kier molecular flexibility index (Phi) is 6.53. The van der Waals surface area contributed by atoms with Crippen molar-refractivity contribution in [3.8, 4) is 0 Å². The van der Waals surface area contributed by atoms with Gasteiger partial charge in [-0.2, -0.15) is 0 Å². The number of carbonyl (C=O) groups is 1. The summed E-state index contributed by atoms with van der Waals surface area (Å²) >= 11 is 0. The van der Waals surface area contributed by atoms with Gasteiger partial charge in [0.05, 0.1) is 16.7 Å². The molecule has 1 aromatic heterocycles. The van der Waals surface area contributed by atoms with Gasteiger partial charge in [-0.15, -0.1) is 0 Å². The van der Waals surface area contributed by atoms with Crippen LogP contribution in [0.5, 0.6) is 0 Å². The van der Waals surface area contributed by atoms with E-state index >= 15 is 0 Å². The molecular weight excluding hydrogens is 418 g/mol. The maximum absolute atomic E-state index is 12.8. The van der Waals surface area contributed by atoms with Crippen molar-refractivity contribution in [1.29, 1.82) is 0 Å². The first-order valence-electron chi connectivity index (χ1n) is 11.1. The SMILES string of the molecule is Cc1cc(NC(=O)c2ccc(NC(C)c3ccccn3)c([N+](=O)[O-])c2)ccc1N1CCCC1. The van der Waals surface area contributed by atoms with Crippen LogP contribution in [0.4, 0.5) is 22.7 Å². The largest absolute Gasteiger partial charge is 0.371 e. The minimum absolute atomic E-state index is 0.161. The van der Waals surface area contributed by atoms with Gasteiger partial charge in [0.25, 0.3) is 11.6 Å². The summed E-state index contributed by atoms with van der Waals surface area (Å²) < 4.78 is 0. The number of nitro groups is 1. The van der Waals surface area contributed by atoms with Crippen LogP contribution in [0.1, 0.15) is 47.4 Å². The fraction of sp³-hybridized carbons (Fsp3) is 0.280. The Morgan fingerprint density at radius 2 is 1.91 bits per heavy atom. The van der Waals surface area contributed by atoms with E-state index in [9.17, 15) is 14.9 Å². The summed E-state index contributed by atoms with van der Waals surface area (Å²) in [5.74, 6) is -0.393. The summed E-state index contributed by atoms with van der Waals surface area (Å²) in [4.78, 5) is 30.7. The maximum Gasteiger partial charge on any atom is 0.293 e. The highest BCUT2D eigenvalue weighted by Crippen LogP contribution is 2.30. The molecule has 33 heavy (non-hydrogen) atoms. The third-order valence-corrected chi connectivity index (χ3v) is 5.86. The number of nitro benzene ring substituents is 1. The van der Waals surface area contributed by atoms with Crippen molar-refractivity contribution in [2.24, 2.45) is 0 Å². The van der Waals surface area contributed by atoms with Crippen LogP contribution < -0.4 is 15.5 Å². The van der Waals surface area contributed by atoms with Crippen LogP contribution in [0.2, 0.25) is 0 Å². The Bertz CT molecular complexity index is 1160. The first-order chi connectivity index (χ1) is 15.9. The average Bonchev–Trinajstić information content (AvgIpc) is 3.34. The number of aryl methyl sites for hydroxylation is 1. The minimum atomic E-state index is -0.487. The number of carbonyl (C=O) groups excluding carboxylic acids is 1. The molecule has 1 fully saturated rings. The number of nitrogens with zero attached hydrogens (tertiary/aromatic N) is 3. The van der Waals surface area contributed by atoms with Crippen molar-refractivity contribution < 1.29 is 9.72 Å². The zero-order chi connectivity index (χ0) is 23.4. The van der Waals surface area contributed by atoms with Gasteiger partial charge in [-0.25, -0.2) is 0 Å². The molecule has 2 aromatic carbocycles. The zero-order valence-electron chi connectivity index (χ0n) is 18.7. The highest BCUT2D eigenvalue weighted by Gasteiger charge is 2.20. The number of nitrogens with one attached hydrogen (secondary N) is 2. The molecule has 0 aliphatic carbocycles. The van der Waals surface area contributed by atoms with E-state index in [0.717, 1.165) is 24.3 Å². The molecule has 3 aromatic rings. The lowest BCUT2D eigenvalue weighted by Gasteiger charge is -2.20. The standard InChI is InChI=1S/C25H27N5O3/c1-17-15-20(9-11-23(17)29-13-5-6-14-29)28-25(31)19-8-10-22(24(16-19)30(32)33)27-18(2)21-7-3-4-12-26-21/h3-4,7-12,15-16,18,27H,5-6,13-14H2,1-2H3,(H,28,31). The molecule has 4 rings (SSSR count). The van der Waals surface area contributed by atoms with Crippen LogP contribution in [0.15, 0.2) is 60.8 Å². The van der Waals surface area contributed by atoms with Crippen LogP contribution >= 0.6 is 0 Å². The zero-order valence-corrected chi connectivity index (χ0v) is 18.7. The molecule has 0 bridgehead atoms. The number of benzene rings is 2. The van der Waals surface area contributed by atoms with E-state index in [4.69, 9.17) is 0 Å². The Labute approximate surface area is 192 Å². The van der Waals surface area contributed by atoms with Gasteiger partial charge in [-0.1, -0.05) is 6.07 Å². The second-order valence-electron chi connectivity index (χ2n) is 8.26. The molecule has 1 amide bonds. The van der Waals surface area contributed by atoms with Crippen molar-refractivity contribution in [2.75, 3.05) is 28.6 Å². The molecule has 1 aliphatic heterocycles. The highest BCUT2D eigenvalue weighted by molar-refractivity contribution is 6.05. The number of aromatic nitrogens is 1. The van der Waals surface area contributed by atoms with Gasteiger partial charge in [0.1, 0.15) is 5.69 Å². The van der Waals surface area contributed by atoms with Gasteiger partial charge in [-0.05, 0) is 74.7 Å². The lowest BCUT2D eigenvalue weighted by atomic mass is 10.1. The van der Waals surface area contributed by atoms with E-state index in [1.54, 1.807) is 18.3 Å². The summed E-state index contributed by atoms with van der Waals surface area (Å²) in [6.07, 6.45) is 4.07. The molecule has 2 heterocycles. The molecule has 2 N–H and O–H groups in total. The van der Waals surface area contributed by atoms with E-state index in [0.29, 0.717) is 11.4 Å². The summed E-state index contributed by atoms with van der Waals surface area (Å²) in [5.41, 5.74) is 4.09. The first-order valence-corrected chi connectivity index (χ1v) is 11.1. The number of rotatable bonds is 7. The van der Waals surface area contributed by atoms with Crippen molar-refractivity contribution >= 4 is 28.7 Å². The van der Waals surface area contributed by atoms with Crippen LogP contribution in [0, 0.1) is 17.0 Å². The monoisotopic (exact) mass is 445 g/mol. The second kappa shape index (κ2) is 9.68. The van der Waals surface area contributed by atoms with E-state index in [1.807, 2.05) is 50.2 Å². The molecule has 1 atom stereocenters. The number of pyridine rings is 1. The van der Waals surface area contributed by atoms with E-state index in [2.05, 4.69) is 20.5 Å². The van der Waals surface area contributed by atoms with Gasteiger partial charge in [0.2, 0.25) is 0 Å². The van der Waals surface area contributed by atoms with Crippen LogP contribution in [0.3, 0.4) is 0 Å². The quantitative estimate of drug-likeness (QED) is 0.377. The average molecular weight is 446 g/mol. The van der Waals surface area contributed by atoms with Crippen LogP contribution in [-0.2, 0) is 0 Å². The predicted octanol–water partition coefficient (Wildman–Crippen LogP) is 5.32. The van der Waals surface area contributed by atoms with Crippen LogP contribution in [0.25, 0.3) is 0 Å². The summed E-state index contributed by atoms with van der Waals surface area (Å²) in [6, 6.07) is 15.6. The molecule has 8 heteroatoms. The smallest absolute Gasteiger partial charge is 0.293 e. The molecule has 8 nitrogen and oxygen atoms in total. The highest BCUT2D eigenvalue weighted by atomic mass is 16.6. The number of anilines is 3. The molecular formula is C25H27N5O3. The van der Waals surface area contributed by atoms with E-state index in [-0.39, 0.29) is 17.3 Å². The van der Waals surface area contributed by atoms with Gasteiger partial charge < -0.3 is 15.5 Å². The van der Waals surface area contributed by atoms with Gasteiger partial charge >= 0.3 is 0 Å². The Morgan fingerprint density at radius 3 is 2.58 bits per heavy atom. The Balaban J connectivity index is 1.50. The van der Waals surface area contributed by atoms with Crippen molar-refractivity contribution in [3.63, 3.8) is 0 Å². The lowest BCUT2D eigenvalue weighted by molar-refractivity contribution is -0.384. The molecule has 1 aliphatic rings. The van der Waals surface area contributed by atoms with Gasteiger partial charge in [0.15, 0.2) is 0 Å². The summed E-state index contributed by atoms with van der Waals surface area (Å²) in [6.45, 7) is 6.00. The summed E-state index contributed by atoms with van der Waals surface area (Å²) in [7, 11) is 0. The number of hydrogen-bond acceptors (Lipinski definition) is 6.